The predicted molar refractivity (Wildman–Crippen MR) is 76.9 cm³/mol. The van der Waals surface area contributed by atoms with Gasteiger partial charge in [-0.25, -0.2) is 0 Å². The van der Waals surface area contributed by atoms with Gasteiger partial charge in [-0.05, 0) is 24.1 Å². The molecule has 5 heteroatoms. The third-order valence-corrected chi connectivity index (χ3v) is 4.79. The van der Waals surface area contributed by atoms with Crippen LogP contribution in [0.2, 0.25) is 0 Å². The quantitative estimate of drug-likeness (QED) is 0.728. The van der Waals surface area contributed by atoms with Gasteiger partial charge in [0.2, 0.25) is 11.8 Å². The summed E-state index contributed by atoms with van der Waals surface area (Å²) in [6, 6.07) is 4.14. The van der Waals surface area contributed by atoms with Crippen molar-refractivity contribution in [1.82, 2.24) is 0 Å². The van der Waals surface area contributed by atoms with E-state index in [4.69, 9.17) is 0 Å². The Morgan fingerprint density at radius 1 is 1.26 bits per heavy atom. The molecule has 0 saturated heterocycles. The third kappa shape index (κ3) is 2.02. The monoisotopic (exact) mass is 276 g/mol. The molecular weight excluding hydrogens is 260 g/mol. The lowest BCUT2D eigenvalue weighted by molar-refractivity contribution is -0.118. The van der Waals surface area contributed by atoms with Crippen LogP contribution in [0.1, 0.15) is 18.9 Å². The van der Waals surface area contributed by atoms with E-state index >= 15 is 0 Å². The zero-order valence-electron chi connectivity index (χ0n) is 11.1. The highest BCUT2D eigenvalue weighted by Gasteiger charge is 2.27. The first kappa shape index (κ1) is 12.5. The Morgan fingerprint density at radius 2 is 2.05 bits per heavy atom. The van der Waals surface area contributed by atoms with Crippen LogP contribution >= 0.6 is 11.8 Å². The van der Waals surface area contributed by atoms with E-state index in [1.54, 1.807) is 23.6 Å². The maximum absolute atomic E-state index is 11.9. The molecule has 0 fully saturated rings. The van der Waals surface area contributed by atoms with Gasteiger partial charge in [0.05, 0.1) is 5.69 Å². The fourth-order valence-corrected chi connectivity index (χ4v) is 3.70. The molecule has 100 valence electrons. The molecule has 0 bridgehead atoms. The minimum atomic E-state index is 0.0850. The maximum atomic E-state index is 11.9. The topological polar surface area (TPSA) is 40.6 Å². The summed E-state index contributed by atoms with van der Waals surface area (Å²) in [4.78, 5) is 28.2. The molecule has 0 radical (unpaired) electrons. The number of fused-ring (bicyclic) bond motifs is 2. The van der Waals surface area contributed by atoms with Crippen molar-refractivity contribution in [2.24, 2.45) is 0 Å². The summed E-state index contributed by atoms with van der Waals surface area (Å²) < 4.78 is 0. The van der Waals surface area contributed by atoms with Gasteiger partial charge in [0.1, 0.15) is 0 Å². The molecule has 0 saturated carbocycles. The first-order valence-electron chi connectivity index (χ1n) is 6.42. The smallest absolute Gasteiger partial charge is 0.227 e. The van der Waals surface area contributed by atoms with E-state index in [0.29, 0.717) is 6.42 Å². The Morgan fingerprint density at radius 3 is 2.79 bits per heavy atom. The van der Waals surface area contributed by atoms with Crippen molar-refractivity contribution >= 4 is 35.0 Å². The number of nitrogens with zero attached hydrogens (tertiary/aromatic N) is 2. The number of thioether (sulfide) groups is 1. The average molecular weight is 276 g/mol. The first-order chi connectivity index (χ1) is 9.08. The van der Waals surface area contributed by atoms with E-state index in [9.17, 15) is 9.59 Å². The molecule has 0 aromatic heterocycles. The van der Waals surface area contributed by atoms with Crippen LogP contribution in [0, 0.1) is 0 Å². The number of anilines is 2. The van der Waals surface area contributed by atoms with Crippen LogP contribution in [0.3, 0.4) is 0 Å². The molecule has 2 aliphatic heterocycles. The normalized spacial score (nSPS) is 18.1. The van der Waals surface area contributed by atoms with Crippen molar-refractivity contribution in [2.45, 2.75) is 24.7 Å². The second-order valence-electron chi connectivity index (χ2n) is 4.92. The molecule has 1 aromatic rings. The molecule has 19 heavy (non-hydrogen) atoms. The number of carbonyl (C=O) groups is 2. The molecule has 2 aliphatic rings. The Balaban J connectivity index is 2.09. The van der Waals surface area contributed by atoms with Crippen LogP contribution in [0.4, 0.5) is 11.4 Å². The van der Waals surface area contributed by atoms with Gasteiger partial charge in [-0.2, -0.15) is 0 Å². The zero-order chi connectivity index (χ0) is 13.6. The van der Waals surface area contributed by atoms with Crippen LogP contribution in [-0.2, 0) is 16.0 Å². The summed E-state index contributed by atoms with van der Waals surface area (Å²) in [5, 5.41) is 0. The second-order valence-corrected chi connectivity index (χ2v) is 6.06. The van der Waals surface area contributed by atoms with Gasteiger partial charge < -0.3 is 9.80 Å². The van der Waals surface area contributed by atoms with E-state index in [1.165, 1.54) is 0 Å². The molecule has 1 aromatic carbocycles. The summed E-state index contributed by atoms with van der Waals surface area (Å²) in [6.07, 6.45) is 1.44. The summed E-state index contributed by atoms with van der Waals surface area (Å²) >= 11 is 1.70. The van der Waals surface area contributed by atoms with Crippen LogP contribution in [-0.4, -0.2) is 31.2 Å². The van der Waals surface area contributed by atoms with Crippen molar-refractivity contribution in [2.75, 3.05) is 29.1 Å². The van der Waals surface area contributed by atoms with Crippen LogP contribution in [0.15, 0.2) is 17.0 Å². The van der Waals surface area contributed by atoms with Gasteiger partial charge >= 0.3 is 0 Å². The van der Waals surface area contributed by atoms with Gasteiger partial charge in [0.25, 0.3) is 0 Å². The fraction of sp³-hybridized carbons (Fsp3) is 0.429. The van der Waals surface area contributed by atoms with E-state index in [1.807, 2.05) is 11.9 Å². The number of hydrogen-bond acceptors (Lipinski definition) is 3. The molecule has 0 N–H and O–H groups in total. The average Bonchev–Trinajstić information content (AvgIpc) is 2.73. The highest BCUT2D eigenvalue weighted by Crippen LogP contribution is 2.41. The Bertz CT molecular complexity index is 571. The Kier molecular flexibility index (Phi) is 3.01. The lowest BCUT2D eigenvalue weighted by Gasteiger charge is -2.20. The summed E-state index contributed by atoms with van der Waals surface area (Å²) in [6.45, 7) is 2.35. The molecule has 2 amide bonds. The van der Waals surface area contributed by atoms with E-state index < -0.39 is 0 Å². The number of benzene rings is 1. The number of carbonyl (C=O) groups excluding carboxylic acids is 2. The predicted octanol–water partition coefficient (Wildman–Crippen LogP) is 2.05. The Hall–Kier alpha value is -1.49. The minimum Gasteiger partial charge on any atom is -0.314 e. The van der Waals surface area contributed by atoms with Gasteiger partial charge in [0, 0.05) is 43.3 Å². The van der Waals surface area contributed by atoms with Gasteiger partial charge in [-0.3, -0.25) is 9.59 Å². The maximum Gasteiger partial charge on any atom is 0.227 e. The Labute approximate surface area is 116 Å². The molecule has 0 aliphatic carbocycles. The molecule has 0 atom stereocenters. The highest BCUT2D eigenvalue weighted by molar-refractivity contribution is 7.99. The van der Waals surface area contributed by atoms with Crippen molar-refractivity contribution in [1.29, 1.82) is 0 Å². The summed E-state index contributed by atoms with van der Waals surface area (Å²) in [7, 11) is 1.83. The largest absolute Gasteiger partial charge is 0.314 e. The van der Waals surface area contributed by atoms with Crippen LogP contribution in [0.5, 0.6) is 0 Å². The van der Waals surface area contributed by atoms with Crippen molar-refractivity contribution < 1.29 is 9.59 Å². The molecule has 0 unspecified atom stereocenters. The SMILES string of the molecule is CC(=O)N1CCc2cc3c(cc21)SCCC(=O)N3C. The van der Waals surface area contributed by atoms with Gasteiger partial charge in [-0.15, -0.1) is 11.8 Å². The number of rotatable bonds is 0. The van der Waals surface area contributed by atoms with Crippen LogP contribution in [0.25, 0.3) is 0 Å². The van der Waals surface area contributed by atoms with E-state index in [2.05, 4.69) is 12.1 Å². The fourth-order valence-electron chi connectivity index (χ4n) is 2.66. The highest BCUT2D eigenvalue weighted by atomic mass is 32.2. The van der Waals surface area contributed by atoms with Gasteiger partial charge in [0.15, 0.2) is 0 Å². The molecule has 4 nitrogen and oxygen atoms in total. The zero-order valence-corrected chi connectivity index (χ0v) is 11.9. The standard InChI is InChI=1S/C14H16N2O2S/c1-9(17)16-5-3-10-7-12-13(8-11(10)16)19-6-4-14(18)15(12)2/h7-8H,3-6H2,1-2H3. The second kappa shape index (κ2) is 4.56. The lowest BCUT2D eigenvalue weighted by atomic mass is 10.1. The van der Waals surface area contributed by atoms with Crippen molar-refractivity contribution in [3.05, 3.63) is 17.7 Å². The van der Waals surface area contributed by atoms with Crippen LogP contribution < -0.4 is 9.80 Å². The molecular formula is C14H16N2O2S. The third-order valence-electron chi connectivity index (χ3n) is 3.74. The van der Waals surface area contributed by atoms with Gasteiger partial charge in [-0.1, -0.05) is 0 Å². The molecule has 2 heterocycles. The first-order valence-corrected chi connectivity index (χ1v) is 7.41. The number of amides is 2. The van der Waals surface area contributed by atoms with E-state index in [-0.39, 0.29) is 11.8 Å². The minimum absolute atomic E-state index is 0.0850. The van der Waals surface area contributed by atoms with Crippen molar-refractivity contribution in [3.8, 4) is 0 Å². The van der Waals surface area contributed by atoms with Crippen molar-refractivity contribution in [3.63, 3.8) is 0 Å². The van der Waals surface area contributed by atoms with E-state index in [0.717, 1.165) is 40.6 Å². The summed E-state index contributed by atoms with van der Waals surface area (Å²) in [5.74, 6) is 1.05. The lowest BCUT2D eigenvalue weighted by Crippen LogP contribution is -2.26. The molecule has 3 rings (SSSR count). The molecule has 0 spiro atoms. The number of hydrogen-bond donors (Lipinski definition) is 0. The summed E-state index contributed by atoms with van der Waals surface area (Å²) in [5.41, 5.74) is 3.16.